The quantitative estimate of drug-likeness (QED) is 0.835. The molecule has 3 fully saturated rings. The van der Waals surface area contributed by atoms with E-state index in [0.29, 0.717) is 0 Å². The van der Waals surface area contributed by atoms with E-state index in [9.17, 15) is 0 Å². The predicted octanol–water partition coefficient (Wildman–Crippen LogP) is 3.56. The van der Waals surface area contributed by atoms with Crippen LogP contribution in [0, 0.1) is 5.41 Å². The van der Waals surface area contributed by atoms with Crippen molar-refractivity contribution in [3.05, 3.63) is 0 Å². The molecule has 1 unspecified atom stereocenters. The summed E-state index contributed by atoms with van der Waals surface area (Å²) in [5.74, 6) is 0. The van der Waals surface area contributed by atoms with Gasteiger partial charge in [-0.1, -0.05) is 19.8 Å². The molecule has 0 bridgehead atoms. The van der Waals surface area contributed by atoms with Crippen LogP contribution in [0.5, 0.6) is 0 Å². The van der Waals surface area contributed by atoms with Crippen molar-refractivity contribution in [2.45, 2.75) is 83.2 Å². The molecule has 3 aliphatic rings. The van der Waals surface area contributed by atoms with Crippen LogP contribution >= 0.6 is 0 Å². The molecule has 0 radical (unpaired) electrons. The lowest BCUT2D eigenvalue weighted by Crippen LogP contribution is -2.45. The van der Waals surface area contributed by atoms with E-state index in [1.807, 2.05) is 0 Å². The molecular weight excluding hydrogens is 232 g/mol. The largest absolute Gasteiger partial charge is 0.313 e. The zero-order valence-corrected chi connectivity index (χ0v) is 12.8. The van der Waals surface area contributed by atoms with E-state index in [4.69, 9.17) is 0 Å². The van der Waals surface area contributed by atoms with E-state index in [1.54, 1.807) is 0 Å². The fourth-order valence-corrected chi connectivity index (χ4v) is 4.94. The summed E-state index contributed by atoms with van der Waals surface area (Å²) in [4.78, 5) is 2.78. The minimum Gasteiger partial charge on any atom is -0.313 e. The van der Waals surface area contributed by atoms with Gasteiger partial charge in [0.2, 0.25) is 0 Å². The smallest absolute Gasteiger partial charge is 0.0195 e. The molecule has 1 saturated heterocycles. The number of nitrogens with zero attached hydrogens (tertiary/aromatic N) is 1. The number of nitrogens with one attached hydrogen (secondary N) is 1. The predicted molar refractivity (Wildman–Crippen MR) is 81.4 cm³/mol. The summed E-state index contributed by atoms with van der Waals surface area (Å²) in [6.07, 6.45) is 14.9. The van der Waals surface area contributed by atoms with Gasteiger partial charge in [0, 0.05) is 18.6 Å². The summed E-state index contributed by atoms with van der Waals surface area (Å²) in [5, 5.41) is 3.67. The average Bonchev–Trinajstić information content (AvgIpc) is 3.10. The first-order chi connectivity index (χ1) is 9.31. The summed E-state index contributed by atoms with van der Waals surface area (Å²) in [7, 11) is 0. The second-order valence-corrected chi connectivity index (χ2v) is 7.32. The monoisotopic (exact) mass is 264 g/mol. The maximum Gasteiger partial charge on any atom is 0.0195 e. The molecular formula is C17H32N2. The van der Waals surface area contributed by atoms with Gasteiger partial charge in [0.05, 0.1) is 0 Å². The summed E-state index contributed by atoms with van der Waals surface area (Å²) in [6, 6.07) is 1.67. The Kier molecular flexibility index (Phi) is 4.48. The van der Waals surface area contributed by atoms with Crippen LogP contribution in [0.3, 0.4) is 0 Å². The Morgan fingerprint density at radius 3 is 2.32 bits per heavy atom. The summed E-state index contributed by atoms with van der Waals surface area (Å²) >= 11 is 0. The van der Waals surface area contributed by atoms with Crippen LogP contribution in [0.15, 0.2) is 0 Å². The van der Waals surface area contributed by atoms with Crippen molar-refractivity contribution in [3.63, 3.8) is 0 Å². The van der Waals surface area contributed by atoms with E-state index in [-0.39, 0.29) is 0 Å². The fourth-order valence-electron chi connectivity index (χ4n) is 4.94. The van der Waals surface area contributed by atoms with Crippen LogP contribution < -0.4 is 5.32 Å². The standard InChI is InChI=1S/C17H32N2/c1-2-19(14-15-6-5-13-18-15)16-7-11-17(12-8-16)9-3-4-10-17/h15-16,18H,2-14H2,1H3. The molecule has 2 nitrogen and oxygen atoms in total. The van der Waals surface area contributed by atoms with Gasteiger partial charge in [-0.15, -0.1) is 0 Å². The number of hydrogen-bond acceptors (Lipinski definition) is 2. The second kappa shape index (κ2) is 6.13. The molecule has 2 saturated carbocycles. The van der Waals surface area contributed by atoms with E-state index >= 15 is 0 Å². The minimum atomic E-state index is 0.780. The highest BCUT2D eigenvalue weighted by Gasteiger charge is 2.38. The first kappa shape index (κ1) is 13.9. The molecule has 1 atom stereocenters. The normalized spacial score (nSPS) is 31.6. The number of rotatable bonds is 4. The Balaban J connectivity index is 1.50. The highest BCUT2D eigenvalue weighted by atomic mass is 15.2. The average molecular weight is 264 g/mol. The highest BCUT2D eigenvalue weighted by Crippen LogP contribution is 2.49. The van der Waals surface area contributed by atoms with Gasteiger partial charge in [-0.05, 0) is 69.9 Å². The molecule has 0 aromatic heterocycles. The molecule has 0 amide bonds. The van der Waals surface area contributed by atoms with Crippen molar-refractivity contribution in [2.24, 2.45) is 5.41 Å². The highest BCUT2D eigenvalue weighted by molar-refractivity contribution is 4.92. The zero-order valence-electron chi connectivity index (χ0n) is 12.8. The van der Waals surface area contributed by atoms with Crippen molar-refractivity contribution in [3.8, 4) is 0 Å². The molecule has 0 aromatic carbocycles. The minimum absolute atomic E-state index is 0.780. The lowest BCUT2D eigenvalue weighted by molar-refractivity contribution is 0.0888. The van der Waals surface area contributed by atoms with Crippen LogP contribution in [0.25, 0.3) is 0 Å². The molecule has 1 N–H and O–H groups in total. The molecule has 0 aromatic rings. The molecule has 2 aliphatic carbocycles. The topological polar surface area (TPSA) is 15.3 Å². The maximum absolute atomic E-state index is 3.67. The third-order valence-electron chi connectivity index (χ3n) is 6.22. The van der Waals surface area contributed by atoms with Crippen LogP contribution in [0.2, 0.25) is 0 Å². The first-order valence-corrected chi connectivity index (χ1v) is 8.79. The van der Waals surface area contributed by atoms with Crippen molar-refractivity contribution in [2.75, 3.05) is 19.6 Å². The van der Waals surface area contributed by atoms with Crippen molar-refractivity contribution >= 4 is 0 Å². The van der Waals surface area contributed by atoms with E-state index in [1.165, 1.54) is 83.8 Å². The van der Waals surface area contributed by atoms with Crippen molar-refractivity contribution in [1.29, 1.82) is 0 Å². The van der Waals surface area contributed by atoms with Crippen LogP contribution in [-0.2, 0) is 0 Å². The molecule has 110 valence electrons. The lowest BCUT2D eigenvalue weighted by Gasteiger charge is -2.42. The van der Waals surface area contributed by atoms with E-state index in [0.717, 1.165) is 17.5 Å². The van der Waals surface area contributed by atoms with E-state index in [2.05, 4.69) is 17.1 Å². The van der Waals surface area contributed by atoms with Gasteiger partial charge >= 0.3 is 0 Å². The molecule has 19 heavy (non-hydrogen) atoms. The van der Waals surface area contributed by atoms with Gasteiger partial charge < -0.3 is 5.32 Å². The maximum atomic E-state index is 3.67. The molecule has 1 heterocycles. The van der Waals surface area contributed by atoms with Crippen molar-refractivity contribution < 1.29 is 0 Å². The zero-order chi connectivity index (χ0) is 13.1. The Morgan fingerprint density at radius 2 is 1.74 bits per heavy atom. The second-order valence-electron chi connectivity index (χ2n) is 7.32. The van der Waals surface area contributed by atoms with E-state index < -0.39 is 0 Å². The summed E-state index contributed by atoms with van der Waals surface area (Å²) in [6.45, 7) is 6.15. The van der Waals surface area contributed by atoms with Crippen LogP contribution in [-0.4, -0.2) is 36.6 Å². The Morgan fingerprint density at radius 1 is 1.00 bits per heavy atom. The first-order valence-electron chi connectivity index (χ1n) is 8.79. The van der Waals surface area contributed by atoms with Crippen LogP contribution in [0.1, 0.15) is 71.1 Å². The summed E-state index contributed by atoms with van der Waals surface area (Å²) in [5.41, 5.74) is 0.793. The van der Waals surface area contributed by atoms with Gasteiger partial charge in [-0.2, -0.15) is 0 Å². The third-order valence-corrected chi connectivity index (χ3v) is 6.22. The molecule has 2 heteroatoms. The molecule has 1 aliphatic heterocycles. The number of hydrogen-bond donors (Lipinski definition) is 1. The van der Waals surface area contributed by atoms with Gasteiger partial charge in [-0.25, -0.2) is 0 Å². The van der Waals surface area contributed by atoms with Crippen LogP contribution in [0.4, 0.5) is 0 Å². The summed E-state index contributed by atoms with van der Waals surface area (Å²) < 4.78 is 0. The Labute approximate surface area is 119 Å². The Hall–Kier alpha value is -0.0800. The molecule has 3 rings (SSSR count). The van der Waals surface area contributed by atoms with Gasteiger partial charge in [0.1, 0.15) is 0 Å². The lowest BCUT2D eigenvalue weighted by atomic mass is 9.71. The fraction of sp³-hybridized carbons (Fsp3) is 1.00. The van der Waals surface area contributed by atoms with Gasteiger partial charge in [0.15, 0.2) is 0 Å². The van der Waals surface area contributed by atoms with Gasteiger partial charge in [-0.3, -0.25) is 4.90 Å². The third kappa shape index (κ3) is 3.16. The van der Waals surface area contributed by atoms with Crippen molar-refractivity contribution in [1.82, 2.24) is 10.2 Å². The number of likely N-dealkylation sites (N-methyl/N-ethyl adjacent to an activating group) is 1. The Bertz CT molecular complexity index is 267. The SMILES string of the molecule is CCN(CC1CCCN1)C1CCC2(CCCC2)CC1. The van der Waals surface area contributed by atoms with Gasteiger partial charge in [0.25, 0.3) is 0 Å². The molecule has 1 spiro atoms.